The van der Waals surface area contributed by atoms with Gasteiger partial charge < -0.3 is 15.0 Å². The summed E-state index contributed by atoms with van der Waals surface area (Å²) in [4.78, 5) is 10.4. The highest BCUT2D eigenvalue weighted by Gasteiger charge is 2.40. The van der Waals surface area contributed by atoms with E-state index in [4.69, 9.17) is 4.79 Å². The molecule has 1 aromatic carbocycles. The zero-order valence-corrected chi connectivity index (χ0v) is 13.1. The van der Waals surface area contributed by atoms with E-state index in [2.05, 4.69) is 55.4 Å². The van der Waals surface area contributed by atoms with Crippen molar-refractivity contribution in [2.45, 2.75) is 38.5 Å². The van der Waals surface area contributed by atoms with Crippen molar-refractivity contribution in [2.75, 3.05) is 32.0 Å². The third-order valence-electron chi connectivity index (χ3n) is 4.06. The van der Waals surface area contributed by atoms with Gasteiger partial charge in [0, 0.05) is 17.6 Å². The van der Waals surface area contributed by atoms with Gasteiger partial charge in [0.25, 0.3) is 0 Å². The Kier molecular flexibility index (Phi) is 6.73. The number of fused-ring (bicyclic) bond motifs is 2. The molecule has 112 valence electrons. The second kappa shape index (κ2) is 8.05. The molecular formula is C17H28N2O. The van der Waals surface area contributed by atoms with Crippen molar-refractivity contribution in [3.8, 4) is 0 Å². The number of nitrogens with one attached hydrogen (secondary N) is 1. The molecule has 0 atom stereocenters. The zero-order valence-electron chi connectivity index (χ0n) is 13.1. The molecule has 0 aromatic heterocycles. The Bertz CT molecular complexity index is 398. The Morgan fingerprint density at radius 2 is 1.75 bits per heavy atom. The first-order chi connectivity index (χ1) is 9.72. The summed E-state index contributed by atoms with van der Waals surface area (Å²) in [6.45, 7) is 9.85. The summed E-state index contributed by atoms with van der Waals surface area (Å²) in [5, 5.41) is 3.56. The van der Waals surface area contributed by atoms with E-state index in [1.807, 2.05) is 6.79 Å². The van der Waals surface area contributed by atoms with Gasteiger partial charge in [-0.1, -0.05) is 38.5 Å². The van der Waals surface area contributed by atoms with Crippen LogP contribution in [0.5, 0.6) is 0 Å². The van der Waals surface area contributed by atoms with Crippen LogP contribution in [-0.4, -0.2) is 38.4 Å². The molecule has 0 amide bonds. The van der Waals surface area contributed by atoms with Crippen LogP contribution in [-0.2, 0) is 10.2 Å². The van der Waals surface area contributed by atoms with Crippen molar-refractivity contribution in [1.29, 1.82) is 0 Å². The van der Waals surface area contributed by atoms with E-state index < -0.39 is 0 Å². The first-order valence-electron chi connectivity index (χ1n) is 7.52. The summed E-state index contributed by atoms with van der Waals surface area (Å²) in [5.41, 5.74) is 3.35. The Balaban J connectivity index is 0.000000357. The standard InChI is InChI=1S/C13H18N2.C3H8.CH2O/c1-15-8-6-13(7-9-15)10-14-12-5-3-2-4-11(12)13;1-3-2;1-2/h2-5,14H,6-10H2,1H3;3H2,1-2H3;1H2. The second-order valence-corrected chi connectivity index (χ2v) is 5.69. The quantitative estimate of drug-likeness (QED) is 0.789. The summed E-state index contributed by atoms with van der Waals surface area (Å²) >= 11 is 0. The van der Waals surface area contributed by atoms with Gasteiger partial charge in [-0.3, -0.25) is 0 Å². The van der Waals surface area contributed by atoms with Crippen LogP contribution in [0.3, 0.4) is 0 Å². The zero-order chi connectivity index (χ0) is 15.0. The maximum atomic E-state index is 8.00. The Labute approximate surface area is 123 Å². The van der Waals surface area contributed by atoms with Gasteiger partial charge in [0.1, 0.15) is 6.79 Å². The van der Waals surface area contributed by atoms with Gasteiger partial charge in [0.2, 0.25) is 0 Å². The van der Waals surface area contributed by atoms with Gasteiger partial charge in [-0.15, -0.1) is 0 Å². The lowest BCUT2D eigenvalue weighted by Gasteiger charge is -2.37. The van der Waals surface area contributed by atoms with Gasteiger partial charge >= 0.3 is 0 Å². The molecule has 0 unspecified atom stereocenters. The number of benzene rings is 1. The van der Waals surface area contributed by atoms with Crippen molar-refractivity contribution >= 4 is 12.5 Å². The molecule has 1 N–H and O–H groups in total. The number of anilines is 1. The number of nitrogens with zero attached hydrogens (tertiary/aromatic N) is 1. The summed E-state index contributed by atoms with van der Waals surface area (Å²) in [6, 6.07) is 8.81. The maximum absolute atomic E-state index is 8.00. The molecule has 0 radical (unpaired) electrons. The molecule has 1 fully saturated rings. The average Bonchev–Trinajstić information content (AvgIpc) is 2.85. The smallest absolute Gasteiger partial charge is 0.106 e. The minimum absolute atomic E-state index is 0.434. The highest BCUT2D eigenvalue weighted by Crippen LogP contribution is 2.43. The average molecular weight is 276 g/mol. The molecule has 3 heteroatoms. The lowest BCUT2D eigenvalue weighted by molar-refractivity contribution is -0.0979. The van der Waals surface area contributed by atoms with Crippen molar-refractivity contribution in [1.82, 2.24) is 4.90 Å². The van der Waals surface area contributed by atoms with E-state index in [-0.39, 0.29) is 0 Å². The topological polar surface area (TPSA) is 32.3 Å². The third kappa shape index (κ3) is 3.60. The molecule has 1 aromatic rings. The lowest BCUT2D eigenvalue weighted by atomic mass is 9.74. The van der Waals surface area contributed by atoms with Crippen molar-refractivity contribution < 1.29 is 4.79 Å². The van der Waals surface area contributed by atoms with Gasteiger partial charge in [0.05, 0.1) is 0 Å². The van der Waals surface area contributed by atoms with Crippen LogP contribution in [0, 0.1) is 0 Å². The fraction of sp³-hybridized carbons (Fsp3) is 0.588. The normalized spacial score (nSPS) is 18.9. The summed E-state index contributed by atoms with van der Waals surface area (Å²) in [5.74, 6) is 0. The van der Waals surface area contributed by atoms with E-state index in [1.165, 1.54) is 38.0 Å². The van der Waals surface area contributed by atoms with Crippen LogP contribution in [0.25, 0.3) is 0 Å². The number of carbonyl (C=O) groups is 1. The maximum Gasteiger partial charge on any atom is 0.106 e. The van der Waals surface area contributed by atoms with Gasteiger partial charge in [-0.25, -0.2) is 0 Å². The number of rotatable bonds is 0. The predicted octanol–water partition coefficient (Wildman–Crippen LogP) is 3.31. The predicted molar refractivity (Wildman–Crippen MR) is 86.4 cm³/mol. The van der Waals surface area contributed by atoms with Crippen LogP contribution in [0.2, 0.25) is 0 Å². The lowest BCUT2D eigenvalue weighted by Crippen LogP contribution is -2.42. The molecule has 20 heavy (non-hydrogen) atoms. The summed E-state index contributed by atoms with van der Waals surface area (Å²) in [6.07, 6.45) is 3.85. The second-order valence-electron chi connectivity index (χ2n) is 5.69. The van der Waals surface area contributed by atoms with Gasteiger partial charge in [-0.05, 0) is 44.6 Å². The fourth-order valence-corrected chi connectivity index (χ4v) is 2.95. The van der Waals surface area contributed by atoms with Crippen LogP contribution in [0.15, 0.2) is 24.3 Å². The number of hydrogen-bond donors (Lipinski definition) is 1. The van der Waals surface area contributed by atoms with E-state index in [0.717, 1.165) is 6.54 Å². The SMILES string of the molecule is C=O.CCC.CN1CCC2(CC1)CNc1ccccc12. The molecule has 2 heterocycles. The van der Waals surface area contributed by atoms with Crippen LogP contribution in [0.1, 0.15) is 38.7 Å². The molecule has 0 saturated carbocycles. The largest absolute Gasteiger partial charge is 0.384 e. The first-order valence-corrected chi connectivity index (χ1v) is 7.52. The van der Waals surface area contributed by atoms with Crippen molar-refractivity contribution in [3.05, 3.63) is 29.8 Å². The van der Waals surface area contributed by atoms with E-state index in [9.17, 15) is 0 Å². The summed E-state index contributed by atoms with van der Waals surface area (Å²) in [7, 11) is 2.22. The highest BCUT2D eigenvalue weighted by molar-refractivity contribution is 5.60. The summed E-state index contributed by atoms with van der Waals surface area (Å²) < 4.78 is 0. The number of likely N-dealkylation sites (tertiary alicyclic amines) is 1. The van der Waals surface area contributed by atoms with Crippen LogP contribution < -0.4 is 5.32 Å². The molecule has 1 spiro atoms. The van der Waals surface area contributed by atoms with Gasteiger partial charge in [0.15, 0.2) is 0 Å². The van der Waals surface area contributed by atoms with E-state index in [0.29, 0.717) is 5.41 Å². The number of hydrogen-bond acceptors (Lipinski definition) is 3. The van der Waals surface area contributed by atoms with Gasteiger partial charge in [-0.2, -0.15) is 0 Å². The molecule has 0 bridgehead atoms. The van der Waals surface area contributed by atoms with Crippen molar-refractivity contribution in [2.24, 2.45) is 0 Å². The molecule has 0 aliphatic carbocycles. The number of para-hydroxylation sites is 1. The highest BCUT2D eigenvalue weighted by atomic mass is 16.1. The number of carbonyl (C=O) groups excluding carboxylic acids is 1. The Hall–Kier alpha value is -1.35. The third-order valence-corrected chi connectivity index (χ3v) is 4.06. The molecule has 3 rings (SSSR count). The van der Waals surface area contributed by atoms with E-state index >= 15 is 0 Å². The van der Waals surface area contributed by atoms with E-state index in [1.54, 1.807) is 5.56 Å². The number of piperidine rings is 1. The molecule has 2 aliphatic heterocycles. The Morgan fingerprint density at radius 3 is 2.35 bits per heavy atom. The Morgan fingerprint density at radius 1 is 1.20 bits per heavy atom. The first kappa shape index (κ1) is 16.7. The van der Waals surface area contributed by atoms with Crippen LogP contribution in [0.4, 0.5) is 5.69 Å². The molecular weight excluding hydrogens is 248 g/mol. The van der Waals surface area contributed by atoms with Crippen LogP contribution >= 0.6 is 0 Å². The molecule has 3 nitrogen and oxygen atoms in total. The minimum atomic E-state index is 0.434. The molecule has 1 saturated heterocycles. The fourth-order valence-electron chi connectivity index (χ4n) is 2.95. The monoisotopic (exact) mass is 276 g/mol. The molecule has 2 aliphatic rings. The van der Waals surface area contributed by atoms with Crippen molar-refractivity contribution in [3.63, 3.8) is 0 Å². The minimum Gasteiger partial charge on any atom is -0.384 e.